The number of nitrogens with zero attached hydrogens (tertiary/aromatic N) is 3. The second-order valence-corrected chi connectivity index (χ2v) is 8.45. The van der Waals surface area contributed by atoms with Gasteiger partial charge in [-0.05, 0) is 23.8 Å². The number of nitrogens with one attached hydrogen (secondary N) is 1. The Bertz CT molecular complexity index is 899. The van der Waals surface area contributed by atoms with Crippen LogP contribution in [-0.2, 0) is 23.6 Å². The van der Waals surface area contributed by atoms with Crippen LogP contribution in [0.4, 0.5) is 5.69 Å². The van der Waals surface area contributed by atoms with Crippen LogP contribution >= 0.6 is 0 Å². The Hall–Kier alpha value is -2.32. The van der Waals surface area contributed by atoms with Gasteiger partial charge in [-0.15, -0.1) is 0 Å². The maximum atomic E-state index is 12.6. The van der Waals surface area contributed by atoms with Crippen LogP contribution in [0.5, 0.6) is 0 Å². The Morgan fingerprint density at radius 2 is 1.81 bits per heavy atom. The Morgan fingerprint density at radius 3 is 2.41 bits per heavy atom. The van der Waals surface area contributed by atoms with Gasteiger partial charge < -0.3 is 14.8 Å². The Labute approximate surface area is 161 Å². The van der Waals surface area contributed by atoms with Crippen molar-refractivity contribution in [3.05, 3.63) is 47.8 Å². The highest BCUT2D eigenvalue weighted by atomic mass is 32.2. The number of rotatable bonds is 8. The summed E-state index contributed by atoms with van der Waals surface area (Å²) in [6.45, 7) is 4.72. The molecule has 1 N–H and O–H groups in total. The second-order valence-electron chi connectivity index (χ2n) is 6.51. The van der Waals surface area contributed by atoms with Gasteiger partial charge in [0.05, 0.1) is 0 Å². The minimum absolute atomic E-state index is 0.133. The molecule has 0 aliphatic heterocycles. The molecule has 1 amide bonds. The lowest BCUT2D eigenvalue weighted by Gasteiger charge is -2.17. The number of hydrogen-bond donors (Lipinski definition) is 1. The first-order valence-corrected chi connectivity index (χ1v) is 10.4. The minimum Gasteiger partial charge on any atom is -0.378 e. The van der Waals surface area contributed by atoms with Crippen molar-refractivity contribution < 1.29 is 13.2 Å². The molecule has 2 rings (SSSR count). The lowest BCUT2D eigenvalue weighted by molar-refractivity contribution is 0.0942. The molecule has 0 spiro atoms. The molecule has 27 heavy (non-hydrogen) atoms. The van der Waals surface area contributed by atoms with Crippen LogP contribution < -0.4 is 10.2 Å². The van der Waals surface area contributed by atoms with Crippen molar-refractivity contribution in [2.75, 3.05) is 32.1 Å². The molecule has 7 nitrogen and oxygen atoms in total. The summed E-state index contributed by atoms with van der Waals surface area (Å²) >= 11 is 0. The zero-order valence-corrected chi connectivity index (χ0v) is 17.4. The van der Waals surface area contributed by atoms with Gasteiger partial charge in [0, 0.05) is 52.7 Å². The Balaban J connectivity index is 2.16. The largest absolute Gasteiger partial charge is 0.378 e. The van der Waals surface area contributed by atoms with Crippen molar-refractivity contribution in [1.82, 2.24) is 14.2 Å². The average molecular weight is 393 g/mol. The Kier molecular flexibility index (Phi) is 6.67. The van der Waals surface area contributed by atoms with Crippen molar-refractivity contribution in [2.24, 2.45) is 7.05 Å². The minimum atomic E-state index is -3.59. The molecule has 0 radical (unpaired) electrons. The maximum absolute atomic E-state index is 12.6. The van der Waals surface area contributed by atoms with E-state index in [9.17, 15) is 13.2 Å². The SMILES string of the molecule is CCN(CC)S(=O)(=O)c1cc(C(=O)NCc2cccc(N(C)C)c2)n(C)c1. The third-order valence-electron chi connectivity index (χ3n) is 4.44. The van der Waals surface area contributed by atoms with Gasteiger partial charge in [-0.25, -0.2) is 8.42 Å². The van der Waals surface area contributed by atoms with E-state index in [1.54, 1.807) is 25.5 Å². The zero-order valence-electron chi connectivity index (χ0n) is 16.6. The number of benzene rings is 1. The van der Waals surface area contributed by atoms with Gasteiger partial charge in [-0.2, -0.15) is 4.31 Å². The molecule has 0 aliphatic carbocycles. The number of carbonyl (C=O) groups is 1. The highest BCUT2D eigenvalue weighted by molar-refractivity contribution is 7.89. The van der Waals surface area contributed by atoms with Crippen molar-refractivity contribution in [3.63, 3.8) is 0 Å². The van der Waals surface area contributed by atoms with Crippen LogP contribution in [0.1, 0.15) is 29.9 Å². The molecule has 0 saturated carbocycles. The lowest BCUT2D eigenvalue weighted by atomic mass is 10.2. The van der Waals surface area contributed by atoms with E-state index in [4.69, 9.17) is 0 Å². The quantitative estimate of drug-likeness (QED) is 0.746. The first kappa shape index (κ1) is 21.0. The molecule has 1 heterocycles. The van der Waals surface area contributed by atoms with E-state index >= 15 is 0 Å². The molecule has 0 atom stereocenters. The van der Waals surface area contributed by atoms with Gasteiger partial charge in [0.25, 0.3) is 5.91 Å². The highest BCUT2D eigenvalue weighted by Crippen LogP contribution is 2.19. The fourth-order valence-electron chi connectivity index (χ4n) is 2.83. The molecule has 8 heteroatoms. The first-order chi connectivity index (χ1) is 12.7. The van der Waals surface area contributed by atoms with Crippen LogP contribution in [0.25, 0.3) is 0 Å². The van der Waals surface area contributed by atoms with Crippen LogP contribution in [-0.4, -0.2) is 50.4 Å². The van der Waals surface area contributed by atoms with Gasteiger partial charge in [0.1, 0.15) is 10.6 Å². The lowest BCUT2D eigenvalue weighted by Crippen LogP contribution is -2.30. The molecular weight excluding hydrogens is 364 g/mol. The molecule has 0 fully saturated rings. The van der Waals surface area contributed by atoms with Gasteiger partial charge in [0.15, 0.2) is 0 Å². The smallest absolute Gasteiger partial charge is 0.268 e. The number of aromatic nitrogens is 1. The fraction of sp³-hybridized carbons (Fsp3) is 0.421. The van der Waals surface area contributed by atoms with Crippen LogP contribution in [0.2, 0.25) is 0 Å². The average Bonchev–Trinajstić information content (AvgIpc) is 3.03. The van der Waals surface area contributed by atoms with Crippen molar-refractivity contribution in [2.45, 2.75) is 25.3 Å². The molecule has 1 aromatic carbocycles. The normalized spacial score (nSPS) is 11.6. The summed E-state index contributed by atoms with van der Waals surface area (Å²) in [5.41, 5.74) is 2.33. The molecule has 0 bridgehead atoms. The third-order valence-corrected chi connectivity index (χ3v) is 6.45. The van der Waals surface area contributed by atoms with Gasteiger partial charge in [0.2, 0.25) is 10.0 Å². The molecule has 148 valence electrons. The van der Waals surface area contributed by atoms with Gasteiger partial charge in [-0.3, -0.25) is 4.79 Å². The topological polar surface area (TPSA) is 74.7 Å². The zero-order chi connectivity index (χ0) is 20.2. The number of aryl methyl sites for hydroxylation is 1. The fourth-order valence-corrected chi connectivity index (χ4v) is 4.36. The van der Waals surface area contributed by atoms with Crippen molar-refractivity contribution in [1.29, 1.82) is 0 Å². The van der Waals surface area contributed by atoms with E-state index < -0.39 is 10.0 Å². The number of sulfonamides is 1. The van der Waals surface area contributed by atoms with Crippen LogP contribution in [0.3, 0.4) is 0 Å². The number of hydrogen-bond acceptors (Lipinski definition) is 4. The summed E-state index contributed by atoms with van der Waals surface area (Å²) in [6.07, 6.45) is 1.48. The molecule has 1 aromatic heterocycles. The van der Waals surface area contributed by atoms with E-state index in [0.29, 0.717) is 25.3 Å². The highest BCUT2D eigenvalue weighted by Gasteiger charge is 2.25. The predicted octanol–water partition coefficient (Wildman–Crippen LogP) is 2.05. The van der Waals surface area contributed by atoms with E-state index in [0.717, 1.165) is 11.3 Å². The maximum Gasteiger partial charge on any atom is 0.268 e. The number of amides is 1. The summed E-state index contributed by atoms with van der Waals surface area (Å²) in [6, 6.07) is 9.30. The van der Waals surface area contributed by atoms with Crippen LogP contribution in [0, 0.1) is 0 Å². The number of anilines is 1. The van der Waals surface area contributed by atoms with Gasteiger partial charge in [-0.1, -0.05) is 26.0 Å². The van der Waals surface area contributed by atoms with Crippen molar-refractivity contribution in [3.8, 4) is 0 Å². The third kappa shape index (κ3) is 4.70. The van der Waals surface area contributed by atoms with E-state index in [1.165, 1.54) is 16.6 Å². The summed E-state index contributed by atoms with van der Waals surface area (Å²) in [5.74, 6) is -0.311. The second kappa shape index (κ2) is 8.58. The summed E-state index contributed by atoms with van der Waals surface area (Å²) in [4.78, 5) is 14.7. The van der Waals surface area contributed by atoms with Crippen molar-refractivity contribution >= 4 is 21.6 Å². The molecule has 2 aromatic rings. The summed E-state index contributed by atoms with van der Waals surface area (Å²) in [5, 5.41) is 2.86. The van der Waals surface area contributed by atoms with Gasteiger partial charge >= 0.3 is 0 Å². The van der Waals surface area contributed by atoms with E-state index in [2.05, 4.69) is 5.32 Å². The monoisotopic (exact) mass is 392 g/mol. The van der Waals surface area contributed by atoms with E-state index in [1.807, 2.05) is 43.3 Å². The Morgan fingerprint density at radius 1 is 1.15 bits per heavy atom. The van der Waals surface area contributed by atoms with Crippen LogP contribution in [0.15, 0.2) is 41.4 Å². The standard InChI is InChI=1S/C19H28N4O3S/c1-6-23(7-2)27(25,26)17-12-18(22(5)14-17)19(24)20-13-15-9-8-10-16(11-15)21(3)4/h8-12,14H,6-7,13H2,1-5H3,(H,20,24). The summed E-state index contributed by atoms with van der Waals surface area (Å²) in [7, 11) is 1.99. The molecular formula is C19H28N4O3S. The summed E-state index contributed by atoms with van der Waals surface area (Å²) < 4.78 is 28.2. The van der Waals surface area contributed by atoms with E-state index in [-0.39, 0.29) is 10.8 Å². The number of carbonyl (C=O) groups excluding carboxylic acids is 1. The molecule has 0 unspecified atom stereocenters. The molecule has 0 saturated heterocycles. The first-order valence-electron chi connectivity index (χ1n) is 8.91. The molecule has 0 aliphatic rings. The predicted molar refractivity (Wildman–Crippen MR) is 107 cm³/mol.